The fraction of sp³-hybridized carbons (Fsp3) is 0.256. The highest BCUT2D eigenvalue weighted by Crippen LogP contribution is 2.04. The van der Waals surface area contributed by atoms with E-state index in [0.717, 1.165) is 24.0 Å². The maximum Gasteiger partial charge on any atom is 0.244 e. The number of aryl methyl sites for hydroxylation is 1. The lowest BCUT2D eigenvalue weighted by Crippen LogP contribution is -2.42. The Balaban J connectivity index is 1.38. The van der Waals surface area contributed by atoms with Gasteiger partial charge in [-0.1, -0.05) is 127 Å². The van der Waals surface area contributed by atoms with Gasteiger partial charge in [0.2, 0.25) is 17.7 Å². The van der Waals surface area contributed by atoms with Gasteiger partial charge in [0, 0.05) is 51.8 Å². The number of carbonyl (C=O) groups is 3. The molecule has 0 unspecified atom stereocenters. The molecule has 0 atom stereocenters. The molecule has 0 saturated heterocycles. The minimum atomic E-state index is -0.177. The first kappa shape index (κ1) is 35.5. The van der Waals surface area contributed by atoms with Crippen LogP contribution in [0.2, 0.25) is 0 Å². The van der Waals surface area contributed by atoms with Crippen molar-refractivity contribution in [2.75, 3.05) is 39.3 Å². The molecule has 0 heterocycles. The maximum atomic E-state index is 12.4. The molecule has 0 radical (unpaired) electrons. The van der Waals surface area contributed by atoms with E-state index in [1.807, 2.05) is 109 Å². The van der Waals surface area contributed by atoms with E-state index < -0.39 is 0 Å². The number of hydrogen-bond acceptors (Lipinski definition) is 4. The molecule has 3 aromatic carbocycles. The first-order valence-corrected chi connectivity index (χ1v) is 15.9. The summed E-state index contributed by atoms with van der Waals surface area (Å²) in [6.45, 7) is 3.14. The van der Waals surface area contributed by atoms with Crippen molar-refractivity contribution in [3.8, 4) is 0 Å². The number of allylic oxidation sites excluding steroid dienone is 4. The van der Waals surface area contributed by atoms with E-state index in [0.29, 0.717) is 52.1 Å². The molecule has 0 aliphatic heterocycles. The predicted octanol–water partition coefficient (Wildman–Crippen LogP) is 5.59. The zero-order chi connectivity index (χ0) is 32.5. The van der Waals surface area contributed by atoms with Crippen LogP contribution in [0.1, 0.15) is 36.0 Å². The van der Waals surface area contributed by atoms with Crippen LogP contribution in [0.4, 0.5) is 0 Å². The largest absolute Gasteiger partial charge is 0.355 e. The number of nitrogens with zero attached hydrogens (tertiary/aromatic N) is 1. The molecule has 0 aromatic heterocycles. The molecule has 3 amide bonds. The zero-order valence-electron chi connectivity index (χ0n) is 26.5. The molecule has 0 spiro atoms. The summed E-state index contributed by atoms with van der Waals surface area (Å²) in [4.78, 5) is 39.1. The molecule has 0 fully saturated rings. The van der Waals surface area contributed by atoms with Gasteiger partial charge >= 0.3 is 0 Å². The summed E-state index contributed by atoms with van der Waals surface area (Å²) in [5.74, 6) is -0.316. The van der Waals surface area contributed by atoms with Gasteiger partial charge in [0.25, 0.3) is 0 Å². The normalized spacial score (nSPS) is 11.6. The third kappa shape index (κ3) is 16.7. The van der Waals surface area contributed by atoms with Gasteiger partial charge in [0.1, 0.15) is 0 Å². The van der Waals surface area contributed by atoms with Crippen LogP contribution in [-0.2, 0) is 20.8 Å². The van der Waals surface area contributed by atoms with Crippen molar-refractivity contribution >= 4 is 29.9 Å². The number of carbonyl (C=O) groups excluding carboxylic acids is 3. The van der Waals surface area contributed by atoms with Crippen LogP contribution in [0.25, 0.3) is 12.2 Å². The van der Waals surface area contributed by atoms with Gasteiger partial charge in [-0.05, 0) is 42.0 Å². The summed E-state index contributed by atoms with van der Waals surface area (Å²) in [5, 5.41) is 8.84. The number of benzene rings is 3. The minimum Gasteiger partial charge on any atom is -0.355 e. The average molecular weight is 619 g/mol. The summed E-state index contributed by atoms with van der Waals surface area (Å²) < 4.78 is 0. The van der Waals surface area contributed by atoms with Gasteiger partial charge < -0.3 is 16.0 Å². The van der Waals surface area contributed by atoms with Crippen LogP contribution in [0.3, 0.4) is 0 Å². The number of amides is 3. The quantitative estimate of drug-likeness (QED) is 0.114. The molecule has 0 aliphatic rings. The van der Waals surface area contributed by atoms with E-state index in [2.05, 4.69) is 33.0 Å². The van der Waals surface area contributed by atoms with Crippen molar-refractivity contribution in [2.45, 2.75) is 25.7 Å². The van der Waals surface area contributed by atoms with Gasteiger partial charge in [0.15, 0.2) is 0 Å². The Morgan fingerprint density at radius 3 is 1.74 bits per heavy atom. The Bertz CT molecular complexity index is 1420. The second kappa shape index (κ2) is 22.5. The van der Waals surface area contributed by atoms with E-state index >= 15 is 0 Å². The minimum absolute atomic E-state index is 0.00592. The van der Waals surface area contributed by atoms with Crippen molar-refractivity contribution in [1.82, 2.24) is 20.9 Å². The fourth-order valence-corrected chi connectivity index (χ4v) is 4.53. The molecular formula is C39H46N4O3. The summed E-state index contributed by atoms with van der Waals surface area (Å²) in [6.07, 6.45) is 17.2. The van der Waals surface area contributed by atoms with Crippen LogP contribution in [0.15, 0.2) is 127 Å². The lowest BCUT2D eigenvalue weighted by atomic mass is 10.1. The lowest BCUT2D eigenvalue weighted by molar-refractivity contribution is -0.121. The molecule has 46 heavy (non-hydrogen) atoms. The van der Waals surface area contributed by atoms with Crippen molar-refractivity contribution < 1.29 is 14.4 Å². The smallest absolute Gasteiger partial charge is 0.244 e. The predicted molar refractivity (Wildman–Crippen MR) is 189 cm³/mol. The average Bonchev–Trinajstić information content (AvgIpc) is 3.08. The molecule has 0 saturated carbocycles. The number of rotatable bonds is 20. The van der Waals surface area contributed by atoms with E-state index in [4.69, 9.17) is 0 Å². The van der Waals surface area contributed by atoms with E-state index in [1.54, 1.807) is 12.2 Å². The summed E-state index contributed by atoms with van der Waals surface area (Å²) in [5.41, 5.74) is 3.42. The van der Waals surface area contributed by atoms with E-state index in [9.17, 15) is 14.4 Å². The Labute approximate surface area is 273 Å². The topological polar surface area (TPSA) is 90.5 Å². The first-order valence-electron chi connectivity index (χ1n) is 15.9. The summed E-state index contributed by atoms with van der Waals surface area (Å²) in [6, 6.07) is 30.1. The van der Waals surface area contributed by atoms with Crippen LogP contribution in [0.5, 0.6) is 0 Å². The highest BCUT2D eigenvalue weighted by molar-refractivity contribution is 5.88. The van der Waals surface area contributed by atoms with E-state index in [-0.39, 0.29) is 17.7 Å². The first-order chi connectivity index (χ1) is 22.6. The van der Waals surface area contributed by atoms with Crippen LogP contribution in [-0.4, -0.2) is 61.9 Å². The molecule has 7 heteroatoms. The van der Waals surface area contributed by atoms with Crippen LogP contribution in [0, 0.1) is 0 Å². The molecule has 3 rings (SSSR count). The van der Waals surface area contributed by atoms with E-state index in [1.165, 1.54) is 11.6 Å². The standard InChI is InChI=1S/C39H46N4O3/c44-37(25-13-10-22-34-16-4-1-5-17-34)40-28-31-43(32-29-41-38(45)26-14-11-23-35-18-6-2-7-19-35)33-30-42-39(46)27-15-12-24-36-20-8-3-9-21-36/h1-11,13,15-23,25,27H,12,14,24,26,28-33H2,(H,40,44)(H,41,45)(H,42,46)/b22-10+,23-11+,25-13+,27-15+. The number of hydrogen-bond donors (Lipinski definition) is 3. The molecule has 240 valence electrons. The summed E-state index contributed by atoms with van der Waals surface area (Å²) in [7, 11) is 0. The molecule has 0 bridgehead atoms. The Hall–Kier alpha value is -5.01. The Kier molecular flexibility index (Phi) is 17.3. The second-order valence-corrected chi connectivity index (χ2v) is 10.7. The van der Waals surface area contributed by atoms with Gasteiger partial charge in [-0.25, -0.2) is 0 Å². The van der Waals surface area contributed by atoms with Crippen molar-refractivity contribution in [2.24, 2.45) is 0 Å². The third-order valence-electron chi connectivity index (χ3n) is 7.01. The highest BCUT2D eigenvalue weighted by atomic mass is 16.2. The summed E-state index contributed by atoms with van der Waals surface area (Å²) >= 11 is 0. The fourth-order valence-electron chi connectivity index (χ4n) is 4.53. The van der Waals surface area contributed by atoms with Crippen molar-refractivity contribution in [3.05, 3.63) is 144 Å². The monoisotopic (exact) mass is 618 g/mol. The maximum absolute atomic E-state index is 12.4. The second-order valence-electron chi connectivity index (χ2n) is 10.7. The molecule has 0 aliphatic carbocycles. The lowest BCUT2D eigenvalue weighted by Gasteiger charge is -2.22. The van der Waals surface area contributed by atoms with Gasteiger partial charge in [-0.3, -0.25) is 19.3 Å². The van der Waals surface area contributed by atoms with Gasteiger partial charge in [0.05, 0.1) is 0 Å². The zero-order valence-corrected chi connectivity index (χ0v) is 26.5. The van der Waals surface area contributed by atoms with Gasteiger partial charge in [-0.2, -0.15) is 0 Å². The number of nitrogens with one attached hydrogen (secondary N) is 3. The van der Waals surface area contributed by atoms with Crippen LogP contribution >= 0.6 is 0 Å². The highest BCUT2D eigenvalue weighted by Gasteiger charge is 2.08. The molecular weight excluding hydrogens is 572 g/mol. The molecule has 3 aromatic rings. The SMILES string of the molecule is O=C(/C=C/C=C/c1ccccc1)NCCN(CCNC(=O)/C=C/CCc1ccccc1)CCNC(=O)CC/C=C/c1ccccc1. The van der Waals surface area contributed by atoms with Crippen molar-refractivity contribution in [3.63, 3.8) is 0 Å². The third-order valence-corrected chi connectivity index (χ3v) is 7.01. The van der Waals surface area contributed by atoms with Gasteiger partial charge in [-0.15, -0.1) is 0 Å². The Morgan fingerprint density at radius 1 is 0.565 bits per heavy atom. The van der Waals surface area contributed by atoms with Crippen molar-refractivity contribution in [1.29, 1.82) is 0 Å². The Morgan fingerprint density at radius 2 is 1.11 bits per heavy atom. The van der Waals surface area contributed by atoms with Crippen LogP contribution < -0.4 is 16.0 Å². The molecule has 3 N–H and O–H groups in total. The molecule has 7 nitrogen and oxygen atoms in total.